The number of aromatic nitrogens is 2. The highest BCUT2D eigenvalue weighted by Crippen LogP contribution is 2.24. The summed E-state index contributed by atoms with van der Waals surface area (Å²) >= 11 is 0. The van der Waals surface area contributed by atoms with Gasteiger partial charge >= 0.3 is 0 Å². The number of Topliss-reactive ketones (excluding diaryl/α,β-unsaturated/α-hetero) is 1. The third-order valence-corrected chi connectivity index (χ3v) is 3.74. The van der Waals surface area contributed by atoms with Gasteiger partial charge in [0, 0.05) is 29.4 Å². The first-order valence-electron chi connectivity index (χ1n) is 8.33. The van der Waals surface area contributed by atoms with Gasteiger partial charge in [-0.15, -0.1) is 6.58 Å². The molecule has 0 spiro atoms. The third kappa shape index (κ3) is 4.33. The van der Waals surface area contributed by atoms with Crippen LogP contribution < -0.4 is 10.6 Å². The molecule has 2 aromatic carbocycles. The highest BCUT2D eigenvalue weighted by molar-refractivity contribution is 5.95. The van der Waals surface area contributed by atoms with Gasteiger partial charge in [-0.2, -0.15) is 4.98 Å². The summed E-state index contributed by atoms with van der Waals surface area (Å²) in [7, 11) is 0. The molecular formula is C21H20N4O. The molecule has 3 aromatic rings. The fraction of sp³-hybridized carbons (Fsp3) is 0.0952. The predicted molar refractivity (Wildman–Crippen MR) is 106 cm³/mol. The number of rotatable bonds is 7. The SMILES string of the molecule is C=CCNc1nc(Nc2cccc(C(C)=O)c2)cc(-c2ccccc2)n1. The second-order valence-electron chi connectivity index (χ2n) is 5.76. The monoisotopic (exact) mass is 344 g/mol. The normalized spacial score (nSPS) is 10.2. The van der Waals surface area contributed by atoms with E-state index in [1.165, 1.54) is 0 Å². The van der Waals surface area contributed by atoms with E-state index in [4.69, 9.17) is 0 Å². The topological polar surface area (TPSA) is 66.9 Å². The molecule has 5 nitrogen and oxygen atoms in total. The molecule has 0 atom stereocenters. The zero-order chi connectivity index (χ0) is 18.4. The summed E-state index contributed by atoms with van der Waals surface area (Å²) in [5, 5.41) is 6.38. The summed E-state index contributed by atoms with van der Waals surface area (Å²) in [6.07, 6.45) is 1.75. The minimum atomic E-state index is 0.0228. The van der Waals surface area contributed by atoms with Crippen molar-refractivity contribution >= 4 is 23.2 Å². The summed E-state index contributed by atoms with van der Waals surface area (Å²) in [6.45, 7) is 5.82. The number of carbonyl (C=O) groups is 1. The molecule has 1 aromatic heterocycles. The van der Waals surface area contributed by atoms with E-state index in [0.29, 0.717) is 23.9 Å². The Morgan fingerprint density at radius 2 is 1.88 bits per heavy atom. The molecule has 0 saturated carbocycles. The van der Waals surface area contributed by atoms with Gasteiger partial charge in [0.1, 0.15) is 5.82 Å². The summed E-state index contributed by atoms with van der Waals surface area (Å²) in [5.74, 6) is 1.18. The fourth-order valence-corrected chi connectivity index (χ4v) is 2.47. The highest BCUT2D eigenvalue weighted by atomic mass is 16.1. The van der Waals surface area contributed by atoms with Crippen LogP contribution in [-0.4, -0.2) is 22.3 Å². The first-order chi connectivity index (χ1) is 12.7. The number of ketones is 1. The van der Waals surface area contributed by atoms with Gasteiger partial charge in [0.2, 0.25) is 5.95 Å². The van der Waals surface area contributed by atoms with Gasteiger partial charge in [0.25, 0.3) is 0 Å². The van der Waals surface area contributed by atoms with Crippen LogP contribution in [0.2, 0.25) is 0 Å². The summed E-state index contributed by atoms with van der Waals surface area (Å²) in [5.41, 5.74) is 3.25. The van der Waals surface area contributed by atoms with Crippen molar-refractivity contribution in [3.05, 3.63) is 78.9 Å². The maximum atomic E-state index is 11.6. The summed E-state index contributed by atoms with van der Waals surface area (Å²) in [4.78, 5) is 20.7. The van der Waals surface area contributed by atoms with Gasteiger partial charge in [-0.3, -0.25) is 4.79 Å². The molecule has 0 saturated heterocycles. The summed E-state index contributed by atoms with van der Waals surface area (Å²) < 4.78 is 0. The Morgan fingerprint density at radius 1 is 1.08 bits per heavy atom. The molecule has 0 aliphatic carbocycles. The van der Waals surface area contributed by atoms with Crippen LogP contribution in [0.1, 0.15) is 17.3 Å². The molecule has 0 radical (unpaired) electrons. The largest absolute Gasteiger partial charge is 0.351 e. The van der Waals surface area contributed by atoms with E-state index in [-0.39, 0.29) is 5.78 Å². The first-order valence-corrected chi connectivity index (χ1v) is 8.33. The minimum absolute atomic E-state index is 0.0228. The van der Waals surface area contributed by atoms with Crippen LogP contribution in [0.4, 0.5) is 17.5 Å². The molecule has 5 heteroatoms. The Kier molecular flexibility index (Phi) is 5.39. The third-order valence-electron chi connectivity index (χ3n) is 3.74. The molecule has 0 amide bonds. The van der Waals surface area contributed by atoms with Crippen LogP contribution in [0.15, 0.2) is 73.3 Å². The average Bonchev–Trinajstić information content (AvgIpc) is 2.67. The summed E-state index contributed by atoms with van der Waals surface area (Å²) in [6, 6.07) is 19.1. The van der Waals surface area contributed by atoms with Crippen molar-refractivity contribution in [3.63, 3.8) is 0 Å². The number of hydrogen-bond donors (Lipinski definition) is 2. The Labute approximate surface area is 152 Å². The van der Waals surface area contributed by atoms with E-state index in [1.807, 2.05) is 54.6 Å². The quantitative estimate of drug-likeness (QED) is 0.481. The van der Waals surface area contributed by atoms with Crippen molar-refractivity contribution in [3.8, 4) is 11.3 Å². The van der Waals surface area contributed by atoms with E-state index < -0.39 is 0 Å². The predicted octanol–water partition coefficient (Wildman–Crippen LogP) is 4.69. The van der Waals surface area contributed by atoms with Gasteiger partial charge in [-0.05, 0) is 19.1 Å². The lowest BCUT2D eigenvalue weighted by Gasteiger charge is -2.11. The van der Waals surface area contributed by atoms with Crippen molar-refractivity contribution in [2.75, 3.05) is 17.2 Å². The maximum absolute atomic E-state index is 11.6. The van der Waals surface area contributed by atoms with Gasteiger partial charge < -0.3 is 10.6 Å². The molecule has 26 heavy (non-hydrogen) atoms. The maximum Gasteiger partial charge on any atom is 0.225 e. The molecule has 130 valence electrons. The number of benzene rings is 2. The Morgan fingerprint density at radius 3 is 2.62 bits per heavy atom. The average molecular weight is 344 g/mol. The van der Waals surface area contributed by atoms with E-state index in [9.17, 15) is 4.79 Å². The number of nitrogens with zero attached hydrogens (tertiary/aromatic N) is 2. The van der Waals surface area contributed by atoms with Crippen LogP contribution in [0, 0.1) is 0 Å². The lowest BCUT2D eigenvalue weighted by atomic mass is 10.1. The fourth-order valence-electron chi connectivity index (χ4n) is 2.47. The van der Waals surface area contributed by atoms with Crippen LogP contribution in [-0.2, 0) is 0 Å². The van der Waals surface area contributed by atoms with E-state index in [0.717, 1.165) is 16.9 Å². The van der Waals surface area contributed by atoms with Gasteiger partial charge in [0.05, 0.1) is 5.69 Å². The Hall–Kier alpha value is -3.47. The molecule has 0 aliphatic rings. The molecular weight excluding hydrogens is 324 g/mol. The zero-order valence-electron chi connectivity index (χ0n) is 14.6. The molecule has 0 fully saturated rings. The first kappa shape index (κ1) is 17.4. The second kappa shape index (κ2) is 8.07. The van der Waals surface area contributed by atoms with Crippen molar-refractivity contribution in [1.82, 2.24) is 9.97 Å². The lowest BCUT2D eigenvalue weighted by Crippen LogP contribution is -2.06. The highest BCUT2D eigenvalue weighted by Gasteiger charge is 2.08. The minimum Gasteiger partial charge on any atom is -0.351 e. The van der Waals surface area contributed by atoms with Crippen LogP contribution >= 0.6 is 0 Å². The van der Waals surface area contributed by atoms with Crippen LogP contribution in [0.5, 0.6) is 0 Å². The second-order valence-corrected chi connectivity index (χ2v) is 5.76. The molecule has 0 unspecified atom stereocenters. The lowest BCUT2D eigenvalue weighted by molar-refractivity contribution is 0.101. The standard InChI is InChI=1S/C21H20N4O/c1-3-12-22-21-24-19(16-8-5-4-6-9-16)14-20(25-21)23-18-11-7-10-17(13-18)15(2)26/h3-11,13-14H,1,12H2,2H3,(H2,22,23,24,25). The van der Waals surface area contributed by atoms with Gasteiger partial charge in [0.15, 0.2) is 5.78 Å². The number of carbonyl (C=O) groups excluding carboxylic acids is 1. The zero-order valence-corrected chi connectivity index (χ0v) is 14.6. The molecule has 3 rings (SSSR count). The molecule has 2 N–H and O–H groups in total. The number of hydrogen-bond acceptors (Lipinski definition) is 5. The molecule has 1 heterocycles. The molecule has 0 bridgehead atoms. The van der Waals surface area contributed by atoms with Crippen molar-refractivity contribution < 1.29 is 4.79 Å². The van der Waals surface area contributed by atoms with Crippen LogP contribution in [0.3, 0.4) is 0 Å². The van der Waals surface area contributed by atoms with Crippen LogP contribution in [0.25, 0.3) is 11.3 Å². The Bertz CT molecular complexity index is 922. The smallest absolute Gasteiger partial charge is 0.225 e. The van der Waals surface area contributed by atoms with E-state index >= 15 is 0 Å². The van der Waals surface area contributed by atoms with E-state index in [1.54, 1.807) is 19.1 Å². The Balaban J connectivity index is 1.96. The van der Waals surface area contributed by atoms with Crippen molar-refractivity contribution in [1.29, 1.82) is 0 Å². The van der Waals surface area contributed by atoms with Crippen molar-refractivity contribution in [2.45, 2.75) is 6.92 Å². The van der Waals surface area contributed by atoms with E-state index in [2.05, 4.69) is 27.2 Å². The van der Waals surface area contributed by atoms with Gasteiger partial charge in [-0.25, -0.2) is 4.98 Å². The number of nitrogens with one attached hydrogen (secondary N) is 2. The number of anilines is 3. The van der Waals surface area contributed by atoms with Crippen molar-refractivity contribution in [2.24, 2.45) is 0 Å². The molecule has 0 aliphatic heterocycles. The van der Waals surface area contributed by atoms with Gasteiger partial charge in [-0.1, -0.05) is 48.5 Å².